The number of sulfonamides is 1. The number of primary sulfonamides is 1. The molecule has 7 heteroatoms. The van der Waals surface area contributed by atoms with Gasteiger partial charge in [0.05, 0.1) is 0 Å². The van der Waals surface area contributed by atoms with Crippen molar-refractivity contribution in [2.24, 2.45) is 10.9 Å². The molecule has 4 N–H and O–H groups in total. The fourth-order valence-electron chi connectivity index (χ4n) is 0.942. The number of halogens is 2. The van der Waals surface area contributed by atoms with Crippen LogP contribution in [0.2, 0.25) is 0 Å². The molecule has 1 rings (SSSR count). The van der Waals surface area contributed by atoms with Gasteiger partial charge in [0.25, 0.3) is 0 Å². The highest BCUT2D eigenvalue weighted by Crippen LogP contribution is 2.18. The minimum Gasteiger partial charge on any atom is -0.326 e. The summed E-state index contributed by atoms with van der Waals surface area (Å²) in [7, 11) is -4.26. The molecule has 0 bridgehead atoms. The molecular weight excluding hydrogens is 214 g/mol. The molecule has 0 amide bonds. The second kappa shape index (κ2) is 3.60. The highest BCUT2D eigenvalue weighted by molar-refractivity contribution is 7.89. The molecule has 0 spiro atoms. The molecule has 0 saturated heterocycles. The molecule has 1 aromatic carbocycles. The molecule has 0 radical (unpaired) electrons. The molecule has 1 aromatic rings. The molecule has 0 aromatic heterocycles. The SMILES string of the molecule is NCc1cc(F)c(F)c(S(N)(=O)=O)c1. The van der Waals surface area contributed by atoms with Gasteiger partial charge in [0.15, 0.2) is 11.6 Å². The molecule has 78 valence electrons. The van der Waals surface area contributed by atoms with Gasteiger partial charge in [0.1, 0.15) is 4.90 Å². The first-order valence-electron chi connectivity index (χ1n) is 3.57. The topological polar surface area (TPSA) is 86.2 Å². The van der Waals surface area contributed by atoms with E-state index in [0.29, 0.717) is 0 Å². The molecule has 14 heavy (non-hydrogen) atoms. The molecule has 0 unspecified atom stereocenters. The Kier molecular flexibility index (Phi) is 2.84. The summed E-state index contributed by atoms with van der Waals surface area (Å²) in [6.07, 6.45) is 0. The van der Waals surface area contributed by atoms with Crippen LogP contribution in [0.1, 0.15) is 5.56 Å². The summed E-state index contributed by atoms with van der Waals surface area (Å²) in [5.41, 5.74) is 5.32. The largest absolute Gasteiger partial charge is 0.326 e. The van der Waals surface area contributed by atoms with Crippen LogP contribution in [0.25, 0.3) is 0 Å². The smallest absolute Gasteiger partial charge is 0.241 e. The van der Waals surface area contributed by atoms with Gasteiger partial charge < -0.3 is 5.73 Å². The van der Waals surface area contributed by atoms with Crippen molar-refractivity contribution < 1.29 is 17.2 Å². The summed E-state index contributed by atoms with van der Waals surface area (Å²) >= 11 is 0. The van der Waals surface area contributed by atoms with Gasteiger partial charge in [0, 0.05) is 6.54 Å². The summed E-state index contributed by atoms with van der Waals surface area (Å²) in [5, 5.41) is 4.67. The summed E-state index contributed by atoms with van der Waals surface area (Å²) < 4.78 is 47.4. The van der Waals surface area contributed by atoms with Crippen LogP contribution in [-0.4, -0.2) is 8.42 Å². The van der Waals surface area contributed by atoms with E-state index < -0.39 is 26.6 Å². The van der Waals surface area contributed by atoms with Crippen LogP contribution < -0.4 is 10.9 Å². The van der Waals surface area contributed by atoms with E-state index in [4.69, 9.17) is 5.73 Å². The van der Waals surface area contributed by atoms with Crippen LogP contribution in [-0.2, 0) is 16.6 Å². The van der Waals surface area contributed by atoms with Crippen LogP contribution >= 0.6 is 0 Å². The Morgan fingerprint density at radius 1 is 1.29 bits per heavy atom. The Labute approximate surface area is 79.6 Å². The van der Waals surface area contributed by atoms with E-state index in [1.54, 1.807) is 0 Å². The predicted molar refractivity (Wildman–Crippen MR) is 45.6 cm³/mol. The van der Waals surface area contributed by atoms with Crippen molar-refractivity contribution in [3.63, 3.8) is 0 Å². The molecule has 0 saturated carbocycles. The van der Waals surface area contributed by atoms with Crippen molar-refractivity contribution in [1.82, 2.24) is 0 Å². The fraction of sp³-hybridized carbons (Fsp3) is 0.143. The van der Waals surface area contributed by atoms with E-state index in [1.165, 1.54) is 0 Å². The van der Waals surface area contributed by atoms with E-state index in [-0.39, 0.29) is 12.1 Å². The van der Waals surface area contributed by atoms with Gasteiger partial charge in [-0.2, -0.15) is 0 Å². The molecule has 4 nitrogen and oxygen atoms in total. The maximum Gasteiger partial charge on any atom is 0.241 e. The average Bonchev–Trinajstić information content (AvgIpc) is 2.07. The Morgan fingerprint density at radius 3 is 2.29 bits per heavy atom. The summed E-state index contributed by atoms with van der Waals surface area (Å²) in [6, 6.07) is 1.73. The first-order valence-corrected chi connectivity index (χ1v) is 5.11. The number of hydrogen-bond donors (Lipinski definition) is 2. The zero-order valence-electron chi connectivity index (χ0n) is 7.00. The summed E-state index contributed by atoms with van der Waals surface area (Å²) in [6.45, 7) is -0.0975. The van der Waals surface area contributed by atoms with E-state index in [2.05, 4.69) is 5.14 Å². The Hall–Kier alpha value is -1.05. The van der Waals surface area contributed by atoms with E-state index in [1.807, 2.05) is 0 Å². The second-order valence-electron chi connectivity index (χ2n) is 2.64. The molecule has 0 heterocycles. The normalized spacial score (nSPS) is 11.7. The van der Waals surface area contributed by atoms with E-state index >= 15 is 0 Å². The Morgan fingerprint density at radius 2 is 1.86 bits per heavy atom. The molecule has 0 atom stereocenters. The maximum absolute atomic E-state index is 12.9. The predicted octanol–water partition coefficient (Wildman–Crippen LogP) is 0.0709. The molecule has 0 aliphatic rings. The first-order chi connectivity index (χ1) is 6.36. The van der Waals surface area contributed by atoms with Crippen molar-refractivity contribution in [2.45, 2.75) is 11.4 Å². The van der Waals surface area contributed by atoms with Gasteiger partial charge in [-0.1, -0.05) is 0 Å². The van der Waals surface area contributed by atoms with Crippen molar-refractivity contribution in [3.8, 4) is 0 Å². The number of hydrogen-bond acceptors (Lipinski definition) is 3. The third-order valence-electron chi connectivity index (χ3n) is 1.60. The van der Waals surface area contributed by atoms with Crippen molar-refractivity contribution in [2.75, 3.05) is 0 Å². The van der Waals surface area contributed by atoms with Crippen LogP contribution in [0, 0.1) is 11.6 Å². The lowest BCUT2D eigenvalue weighted by Crippen LogP contribution is -2.16. The second-order valence-corrected chi connectivity index (χ2v) is 4.17. The summed E-state index contributed by atoms with van der Waals surface area (Å²) in [4.78, 5) is -0.877. The van der Waals surface area contributed by atoms with Gasteiger partial charge in [-0.3, -0.25) is 0 Å². The monoisotopic (exact) mass is 222 g/mol. The third-order valence-corrected chi connectivity index (χ3v) is 2.51. The minimum absolute atomic E-state index is 0.0975. The van der Waals surface area contributed by atoms with Gasteiger partial charge in [-0.25, -0.2) is 22.3 Å². The third kappa shape index (κ3) is 2.06. The lowest BCUT2D eigenvalue weighted by molar-refractivity contribution is 0.483. The lowest BCUT2D eigenvalue weighted by Gasteiger charge is -2.04. The first kappa shape index (κ1) is 11.0. The fourth-order valence-corrected chi connectivity index (χ4v) is 1.61. The summed E-state index contributed by atoms with van der Waals surface area (Å²) in [5.74, 6) is -2.76. The van der Waals surface area contributed by atoms with Crippen molar-refractivity contribution >= 4 is 10.0 Å². The minimum atomic E-state index is -4.26. The molecule has 0 aliphatic carbocycles. The van der Waals surface area contributed by atoms with Gasteiger partial charge in [-0.05, 0) is 17.7 Å². The van der Waals surface area contributed by atoms with Crippen LogP contribution in [0.15, 0.2) is 17.0 Å². The average molecular weight is 222 g/mol. The number of rotatable bonds is 2. The molecular formula is C7H8F2N2O2S. The zero-order chi connectivity index (χ0) is 10.9. The lowest BCUT2D eigenvalue weighted by atomic mass is 10.2. The van der Waals surface area contributed by atoms with Crippen LogP contribution in [0.4, 0.5) is 8.78 Å². The highest BCUT2D eigenvalue weighted by Gasteiger charge is 2.18. The standard InChI is InChI=1S/C7H8F2N2O2S/c8-5-1-4(3-10)2-6(7(5)9)14(11,12)13/h1-2H,3,10H2,(H2,11,12,13). The van der Waals surface area contributed by atoms with Gasteiger partial charge in [-0.15, -0.1) is 0 Å². The van der Waals surface area contributed by atoms with Crippen molar-refractivity contribution in [3.05, 3.63) is 29.3 Å². The Balaban J connectivity index is 3.51. The molecule has 0 fully saturated rings. The van der Waals surface area contributed by atoms with Gasteiger partial charge in [0.2, 0.25) is 10.0 Å². The number of nitrogens with two attached hydrogens (primary N) is 2. The highest BCUT2D eigenvalue weighted by atomic mass is 32.2. The van der Waals surface area contributed by atoms with Gasteiger partial charge >= 0.3 is 0 Å². The van der Waals surface area contributed by atoms with Crippen LogP contribution in [0.3, 0.4) is 0 Å². The molecule has 0 aliphatic heterocycles. The van der Waals surface area contributed by atoms with Crippen molar-refractivity contribution in [1.29, 1.82) is 0 Å². The maximum atomic E-state index is 12.9. The zero-order valence-corrected chi connectivity index (χ0v) is 7.81. The van der Waals surface area contributed by atoms with E-state index in [0.717, 1.165) is 12.1 Å². The van der Waals surface area contributed by atoms with Crippen LogP contribution in [0.5, 0.6) is 0 Å². The quantitative estimate of drug-likeness (QED) is 0.742. The van der Waals surface area contributed by atoms with E-state index in [9.17, 15) is 17.2 Å². The number of benzene rings is 1. The Bertz CT molecular complexity index is 459.